The zero-order chi connectivity index (χ0) is 22.1. The molecule has 0 spiro atoms. The summed E-state index contributed by atoms with van der Waals surface area (Å²) in [4.78, 5) is 24.2. The van der Waals surface area contributed by atoms with Crippen molar-refractivity contribution in [3.8, 4) is 17.2 Å². The average Bonchev–Trinajstić information content (AvgIpc) is 2.80. The topological polar surface area (TPSA) is 76.0 Å². The SMILES string of the molecule is COc1ccc(OCCn2ccc(=O)c(OCC(=O)OCc3ccccc3)c2C)cc1. The van der Waals surface area contributed by atoms with Gasteiger partial charge in [0.25, 0.3) is 0 Å². The number of aromatic nitrogens is 1. The monoisotopic (exact) mass is 423 g/mol. The van der Waals surface area contributed by atoms with Gasteiger partial charge >= 0.3 is 5.97 Å². The van der Waals surface area contributed by atoms with Crippen LogP contribution < -0.4 is 19.6 Å². The van der Waals surface area contributed by atoms with Crippen molar-refractivity contribution in [3.05, 3.63) is 88.3 Å². The van der Waals surface area contributed by atoms with Gasteiger partial charge in [-0.3, -0.25) is 4.79 Å². The molecule has 0 atom stereocenters. The van der Waals surface area contributed by atoms with Crippen LogP contribution in [-0.4, -0.2) is 30.9 Å². The molecule has 1 aromatic heterocycles. The van der Waals surface area contributed by atoms with Crippen LogP contribution in [0.3, 0.4) is 0 Å². The van der Waals surface area contributed by atoms with Crippen LogP contribution in [0.15, 0.2) is 71.7 Å². The summed E-state index contributed by atoms with van der Waals surface area (Å²) in [5.74, 6) is 1.06. The van der Waals surface area contributed by atoms with Gasteiger partial charge < -0.3 is 23.5 Å². The molecule has 1 heterocycles. The number of hydrogen-bond acceptors (Lipinski definition) is 6. The number of benzene rings is 2. The second kappa shape index (κ2) is 10.9. The number of carbonyl (C=O) groups excluding carboxylic acids is 1. The largest absolute Gasteiger partial charge is 0.497 e. The van der Waals surface area contributed by atoms with Crippen LogP contribution in [0.1, 0.15) is 11.3 Å². The third kappa shape index (κ3) is 6.37. The van der Waals surface area contributed by atoms with E-state index in [9.17, 15) is 9.59 Å². The lowest BCUT2D eigenvalue weighted by atomic mass is 10.2. The standard InChI is InChI=1S/C24H25NO6/c1-18-24(31-17-23(27)30-16-19-6-4-3-5-7-19)22(26)12-13-25(18)14-15-29-21-10-8-20(28-2)9-11-21/h3-13H,14-17H2,1-2H3. The zero-order valence-corrected chi connectivity index (χ0v) is 17.6. The maximum atomic E-state index is 12.2. The van der Waals surface area contributed by atoms with Crippen LogP contribution in [0.5, 0.6) is 17.2 Å². The first kappa shape index (κ1) is 22.0. The molecule has 0 unspecified atom stereocenters. The molecule has 0 N–H and O–H groups in total. The second-order valence-electron chi connectivity index (χ2n) is 6.75. The lowest BCUT2D eigenvalue weighted by Crippen LogP contribution is -2.21. The number of rotatable bonds is 10. The molecule has 0 amide bonds. The van der Waals surface area contributed by atoms with E-state index in [1.54, 1.807) is 20.2 Å². The van der Waals surface area contributed by atoms with Crippen molar-refractivity contribution >= 4 is 5.97 Å². The molecule has 0 aliphatic carbocycles. The maximum Gasteiger partial charge on any atom is 0.344 e. The number of esters is 1. The molecule has 31 heavy (non-hydrogen) atoms. The van der Waals surface area contributed by atoms with Crippen LogP contribution in [-0.2, 0) is 22.7 Å². The molecule has 0 radical (unpaired) electrons. The molecule has 3 rings (SSSR count). The molecule has 0 saturated heterocycles. The summed E-state index contributed by atoms with van der Waals surface area (Å²) in [7, 11) is 1.61. The Bertz CT molecular complexity index is 1040. The van der Waals surface area contributed by atoms with E-state index in [1.165, 1.54) is 6.07 Å². The maximum absolute atomic E-state index is 12.2. The van der Waals surface area contributed by atoms with Crippen LogP contribution in [0.25, 0.3) is 0 Å². The predicted octanol–water partition coefficient (Wildman–Crippen LogP) is 3.37. The Balaban J connectivity index is 1.53. The highest BCUT2D eigenvalue weighted by molar-refractivity contribution is 5.71. The van der Waals surface area contributed by atoms with E-state index in [0.29, 0.717) is 18.8 Å². The summed E-state index contributed by atoms with van der Waals surface area (Å²) in [6.45, 7) is 2.49. The fourth-order valence-corrected chi connectivity index (χ4v) is 2.92. The van der Waals surface area contributed by atoms with E-state index in [0.717, 1.165) is 17.1 Å². The van der Waals surface area contributed by atoms with Crippen LogP contribution >= 0.6 is 0 Å². The number of hydrogen-bond donors (Lipinski definition) is 0. The average molecular weight is 423 g/mol. The lowest BCUT2D eigenvalue weighted by molar-refractivity contribution is -0.147. The quantitative estimate of drug-likeness (QED) is 0.466. The van der Waals surface area contributed by atoms with Gasteiger partial charge in [-0.2, -0.15) is 0 Å². The van der Waals surface area contributed by atoms with Crippen molar-refractivity contribution in [2.24, 2.45) is 0 Å². The number of ether oxygens (including phenoxy) is 4. The predicted molar refractivity (Wildman–Crippen MR) is 116 cm³/mol. The van der Waals surface area contributed by atoms with Crippen molar-refractivity contribution in [1.82, 2.24) is 4.57 Å². The van der Waals surface area contributed by atoms with Crippen molar-refractivity contribution < 1.29 is 23.7 Å². The molecule has 0 aliphatic heterocycles. The molecule has 0 aliphatic rings. The first-order valence-electron chi connectivity index (χ1n) is 9.86. The number of methoxy groups -OCH3 is 1. The first-order valence-corrected chi connectivity index (χ1v) is 9.86. The molecule has 2 aromatic carbocycles. The summed E-state index contributed by atoms with van der Waals surface area (Å²) in [5, 5.41) is 0. The molecular weight excluding hydrogens is 398 g/mol. The Morgan fingerprint density at radius 1 is 0.935 bits per heavy atom. The number of carbonyl (C=O) groups is 1. The molecule has 0 saturated carbocycles. The van der Waals surface area contributed by atoms with E-state index in [4.69, 9.17) is 18.9 Å². The summed E-state index contributed by atoms with van der Waals surface area (Å²) < 4.78 is 23.4. The van der Waals surface area contributed by atoms with Gasteiger partial charge in [-0.25, -0.2) is 4.79 Å². The van der Waals surface area contributed by atoms with Gasteiger partial charge in [0.1, 0.15) is 24.7 Å². The van der Waals surface area contributed by atoms with Gasteiger partial charge in [0, 0.05) is 12.3 Å². The normalized spacial score (nSPS) is 10.4. The number of pyridine rings is 1. The van der Waals surface area contributed by atoms with Gasteiger partial charge in [0.15, 0.2) is 12.4 Å². The summed E-state index contributed by atoms with van der Waals surface area (Å²) in [6, 6.07) is 18.1. The van der Waals surface area contributed by atoms with E-state index in [2.05, 4.69) is 0 Å². The second-order valence-corrected chi connectivity index (χ2v) is 6.75. The van der Waals surface area contributed by atoms with E-state index in [1.807, 2.05) is 59.2 Å². The fraction of sp³-hybridized carbons (Fsp3) is 0.250. The Hall–Kier alpha value is -3.74. The van der Waals surface area contributed by atoms with E-state index in [-0.39, 0.29) is 24.4 Å². The van der Waals surface area contributed by atoms with Gasteiger partial charge in [-0.15, -0.1) is 0 Å². The van der Waals surface area contributed by atoms with Crippen molar-refractivity contribution in [2.75, 3.05) is 20.3 Å². The molecule has 3 aromatic rings. The number of nitrogens with zero attached hydrogens (tertiary/aromatic N) is 1. The smallest absolute Gasteiger partial charge is 0.344 e. The Kier molecular flexibility index (Phi) is 7.70. The van der Waals surface area contributed by atoms with E-state index >= 15 is 0 Å². The highest BCUT2D eigenvalue weighted by Gasteiger charge is 2.12. The highest BCUT2D eigenvalue weighted by Crippen LogP contribution is 2.17. The molecule has 0 bridgehead atoms. The fourth-order valence-electron chi connectivity index (χ4n) is 2.92. The van der Waals surface area contributed by atoms with E-state index < -0.39 is 5.97 Å². The minimum atomic E-state index is -0.541. The molecule has 7 nitrogen and oxygen atoms in total. The molecule has 162 valence electrons. The summed E-state index contributed by atoms with van der Waals surface area (Å²) in [6.07, 6.45) is 1.68. The minimum Gasteiger partial charge on any atom is -0.497 e. The minimum absolute atomic E-state index is 0.128. The van der Waals surface area contributed by atoms with Crippen molar-refractivity contribution in [2.45, 2.75) is 20.1 Å². The van der Waals surface area contributed by atoms with Gasteiger partial charge in [0.05, 0.1) is 19.3 Å². The molecule has 0 fully saturated rings. The third-order valence-electron chi connectivity index (χ3n) is 4.63. The zero-order valence-electron chi connectivity index (χ0n) is 17.6. The molecular formula is C24H25NO6. The van der Waals surface area contributed by atoms with Gasteiger partial charge in [-0.05, 0) is 36.8 Å². The van der Waals surface area contributed by atoms with Crippen LogP contribution in [0, 0.1) is 6.92 Å². The Labute approximate surface area is 180 Å². The summed E-state index contributed by atoms with van der Waals surface area (Å²) >= 11 is 0. The van der Waals surface area contributed by atoms with Crippen LogP contribution in [0.2, 0.25) is 0 Å². The lowest BCUT2D eigenvalue weighted by Gasteiger charge is -2.15. The van der Waals surface area contributed by atoms with Gasteiger partial charge in [0.2, 0.25) is 5.43 Å². The Morgan fingerprint density at radius 2 is 1.65 bits per heavy atom. The van der Waals surface area contributed by atoms with Gasteiger partial charge in [-0.1, -0.05) is 30.3 Å². The Morgan fingerprint density at radius 3 is 2.35 bits per heavy atom. The highest BCUT2D eigenvalue weighted by atomic mass is 16.6. The molecule has 7 heteroatoms. The van der Waals surface area contributed by atoms with Crippen molar-refractivity contribution in [1.29, 1.82) is 0 Å². The van der Waals surface area contributed by atoms with Crippen LogP contribution in [0.4, 0.5) is 0 Å². The first-order chi connectivity index (χ1) is 15.1. The summed E-state index contributed by atoms with van der Waals surface area (Å²) in [5.41, 5.74) is 1.20. The third-order valence-corrected chi connectivity index (χ3v) is 4.63. The van der Waals surface area contributed by atoms with Crippen molar-refractivity contribution in [3.63, 3.8) is 0 Å².